The first-order valence-corrected chi connectivity index (χ1v) is 5.97. The fourth-order valence-electron chi connectivity index (χ4n) is 1.75. The smallest absolute Gasteiger partial charge is 0.308 e. The molecule has 0 aliphatic heterocycles. The van der Waals surface area contributed by atoms with E-state index in [0.29, 0.717) is 11.3 Å². The van der Waals surface area contributed by atoms with E-state index in [0.717, 1.165) is 11.1 Å². The molecule has 0 fully saturated rings. The van der Waals surface area contributed by atoms with E-state index in [1.54, 1.807) is 0 Å². The molecule has 0 saturated heterocycles. The molecule has 3 heteroatoms. The summed E-state index contributed by atoms with van der Waals surface area (Å²) in [5, 5.41) is 0. The van der Waals surface area contributed by atoms with Crippen LogP contribution in [0.25, 0.3) is 0 Å². The van der Waals surface area contributed by atoms with Crippen LogP contribution in [0.1, 0.15) is 56.1 Å². The van der Waals surface area contributed by atoms with Gasteiger partial charge in [0.25, 0.3) is 0 Å². The van der Waals surface area contributed by atoms with Gasteiger partial charge in [-0.1, -0.05) is 26.8 Å². The Kier molecular flexibility index (Phi) is 3.95. The Hall–Kier alpha value is -1.64. The zero-order valence-electron chi connectivity index (χ0n) is 11.9. The van der Waals surface area contributed by atoms with Crippen LogP contribution in [0.15, 0.2) is 12.1 Å². The summed E-state index contributed by atoms with van der Waals surface area (Å²) in [4.78, 5) is 22.8. The Morgan fingerprint density at radius 3 is 2.06 bits per heavy atom. The van der Waals surface area contributed by atoms with Gasteiger partial charge in [0, 0.05) is 6.92 Å². The van der Waals surface area contributed by atoms with Crippen molar-refractivity contribution in [2.75, 3.05) is 0 Å². The molecule has 0 saturated carbocycles. The minimum Gasteiger partial charge on any atom is -0.426 e. The summed E-state index contributed by atoms with van der Waals surface area (Å²) in [7, 11) is 0. The zero-order valence-corrected chi connectivity index (χ0v) is 11.9. The van der Waals surface area contributed by atoms with E-state index in [2.05, 4.69) is 20.8 Å². The first-order valence-electron chi connectivity index (χ1n) is 5.97. The topological polar surface area (TPSA) is 43.4 Å². The molecule has 0 spiro atoms. The average molecular weight is 248 g/mol. The summed E-state index contributed by atoms with van der Waals surface area (Å²) in [6, 6.07) is 3.78. The molecule has 18 heavy (non-hydrogen) atoms. The highest BCUT2D eigenvalue weighted by Crippen LogP contribution is 2.31. The largest absolute Gasteiger partial charge is 0.426 e. The highest BCUT2D eigenvalue weighted by Gasteiger charge is 2.20. The molecule has 0 aliphatic rings. The van der Waals surface area contributed by atoms with Crippen molar-refractivity contribution in [1.82, 2.24) is 0 Å². The van der Waals surface area contributed by atoms with Crippen LogP contribution >= 0.6 is 0 Å². The van der Waals surface area contributed by atoms with E-state index >= 15 is 0 Å². The predicted molar refractivity (Wildman–Crippen MR) is 71.2 cm³/mol. The maximum Gasteiger partial charge on any atom is 0.308 e. The van der Waals surface area contributed by atoms with Crippen LogP contribution in [0, 0.1) is 6.92 Å². The third-order valence-corrected chi connectivity index (χ3v) is 2.77. The number of Topliss-reactive ketones (excluding diaryl/α,β-unsaturated/α-hetero) is 1. The van der Waals surface area contributed by atoms with Gasteiger partial charge >= 0.3 is 5.97 Å². The number of hydrogen-bond donors (Lipinski definition) is 0. The van der Waals surface area contributed by atoms with E-state index in [1.807, 2.05) is 19.1 Å². The molecule has 1 rings (SSSR count). The first kappa shape index (κ1) is 14.4. The number of hydrogen-bond acceptors (Lipinski definition) is 3. The van der Waals surface area contributed by atoms with Crippen molar-refractivity contribution < 1.29 is 14.3 Å². The molecule has 98 valence electrons. The minimum atomic E-state index is -0.413. The molecule has 0 bridgehead atoms. The van der Waals surface area contributed by atoms with Crippen LogP contribution in [-0.2, 0) is 10.2 Å². The number of rotatable bonds is 2. The molecule has 0 amide bonds. The second-order valence-electron chi connectivity index (χ2n) is 5.57. The molecule has 0 atom stereocenters. The number of esters is 1. The van der Waals surface area contributed by atoms with Crippen molar-refractivity contribution in [2.24, 2.45) is 0 Å². The normalized spacial score (nSPS) is 11.2. The summed E-state index contributed by atoms with van der Waals surface area (Å²) in [6.45, 7) is 10.9. The lowest BCUT2D eigenvalue weighted by molar-refractivity contribution is -0.131. The highest BCUT2D eigenvalue weighted by molar-refractivity contribution is 5.98. The molecule has 1 aromatic carbocycles. The van der Waals surface area contributed by atoms with Gasteiger partial charge in [-0.05, 0) is 36.5 Å². The zero-order chi connectivity index (χ0) is 14.1. The van der Waals surface area contributed by atoms with Crippen molar-refractivity contribution in [3.63, 3.8) is 0 Å². The van der Waals surface area contributed by atoms with E-state index in [1.165, 1.54) is 13.8 Å². The van der Waals surface area contributed by atoms with E-state index in [4.69, 9.17) is 4.74 Å². The SMILES string of the molecule is CC(=O)Oc1c(C)cc(C(C)(C)C)cc1C(C)=O. The van der Waals surface area contributed by atoms with Crippen LogP contribution in [0.3, 0.4) is 0 Å². The van der Waals surface area contributed by atoms with Crippen LogP contribution in [0.5, 0.6) is 5.75 Å². The number of ketones is 1. The summed E-state index contributed by atoms with van der Waals surface area (Å²) in [6.07, 6.45) is 0. The Morgan fingerprint density at radius 1 is 1.11 bits per heavy atom. The molecule has 0 heterocycles. The van der Waals surface area contributed by atoms with Crippen molar-refractivity contribution >= 4 is 11.8 Å². The van der Waals surface area contributed by atoms with Crippen molar-refractivity contribution in [3.8, 4) is 5.75 Å². The summed E-state index contributed by atoms with van der Waals surface area (Å²) >= 11 is 0. The lowest BCUT2D eigenvalue weighted by atomic mass is 9.84. The second-order valence-corrected chi connectivity index (χ2v) is 5.57. The van der Waals surface area contributed by atoms with Crippen LogP contribution < -0.4 is 4.74 Å². The minimum absolute atomic E-state index is 0.0519. The van der Waals surface area contributed by atoms with Gasteiger partial charge in [0.2, 0.25) is 0 Å². The summed E-state index contributed by atoms with van der Waals surface area (Å²) in [5.41, 5.74) is 2.28. The molecular weight excluding hydrogens is 228 g/mol. The van der Waals surface area contributed by atoms with Gasteiger partial charge in [0.15, 0.2) is 5.78 Å². The molecule has 0 radical (unpaired) electrons. The highest BCUT2D eigenvalue weighted by atomic mass is 16.5. The van der Waals surface area contributed by atoms with E-state index < -0.39 is 5.97 Å². The van der Waals surface area contributed by atoms with Crippen LogP contribution in [-0.4, -0.2) is 11.8 Å². The maximum absolute atomic E-state index is 11.7. The third-order valence-electron chi connectivity index (χ3n) is 2.77. The number of ether oxygens (including phenoxy) is 1. The van der Waals surface area contributed by atoms with Crippen LogP contribution in [0.2, 0.25) is 0 Å². The molecule has 0 unspecified atom stereocenters. The Balaban J connectivity index is 3.45. The van der Waals surface area contributed by atoms with Gasteiger partial charge in [0.05, 0.1) is 5.56 Å². The van der Waals surface area contributed by atoms with Crippen LogP contribution in [0.4, 0.5) is 0 Å². The standard InChI is InChI=1S/C15H20O3/c1-9-7-12(15(4,5)6)8-13(10(2)16)14(9)18-11(3)17/h7-8H,1-6H3. The van der Waals surface area contributed by atoms with Gasteiger partial charge in [-0.2, -0.15) is 0 Å². The molecule has 0 N–H and O–H groups in total. The van der Waals surface area contributed by atoms with Crippen molar-refractivity contribution in [3.05, 3.63) is 28.8 Å². The summed E-state index contributed by atoms with van der Waals surface area (Å²) in [5.74, 6) is -0.132. The molecule has 1 aromatic rings. The third kappa shape index (κ3) is 3.19. The molecular formula is C15H20O3. The Labute approximate surface area is 108 Å². The molecule has 0 aliphatic carbocycles. The fraction of sp³-hybridized carbons (Fsp3) is 0.467. The fourth-order valence-corrected chi connectivity index (χ4v) is 1.75. The quantitative estimate of drug-likeness (QED) is 0.457. The number of carbonyl (C=O) groups excluding carboxylic acids is 2. The van der Waals surface area contributed by atoms with Crippen molar-refractivity contribution in [2.45, 2.75) is 47.0 Å². The molecule has 0 aromatic heterocycles. The number of carbonyl (C=O) groups is 2. The van der Waals surface area contributed by atoms with Crippen molar-refractivity contribution in [1.29, 1.82) is 0 Å². The summed E-state index contributed by atoms with van der Waals surface area (Å²) < 4.78 is 5.15. The van der Waals surface area contributed by atoms with Gasteiger partial charge in [0.1, 0.15) is 5.75 Å². The lowest BCUT2D eigenvalue weighted by Gasteiger charge is -2.22. The van der Waals surface area contributed by atoms with Gasteiger partial charge < -0.3 is 4.74 Å². The maximum atomic E-state index is 11.7. The second kappa shape index (κ2) is 4.92. The van der Waals surface area contributed by atoms with Gasteiger partial charge in [-0.3, -0.25) is 9.59 Å². The monoisotopic (exact) mass is 248 g/mol. The van der Waals surface area contributed by atoms with Gasteiger partial charge in [-0.15, -0.1) is 0 Å². The molecule has 3 nitrogen and oxygen atoms in total. The van der Waals surface area contributed by atoms with E-state index in [-0.39, 0.29) is 11.2 Å². The number of aryl methyl sites for hydroxylation is 1. The average Bonchev–Trinajstić information content (AvgIpc) is 2.17. The Bertz CT molecular complexity index is 493. The Morgan fingerprint density at radius 2 is 1.67 bits per heavy atom. The first-order chi connectivity index (χ1) is 8.12. The number of benzene rings is 1. The van der Waals surface area contributed by atoms with Gasteiger partial charge in [-0.25, -0.2) is 0 Å². The van der Waals surface area contributed by atoms with E-state index in [9.17, 15) is 9.59 Å². The predicted octanol–water partition coefficient (Wildman–Crippen LogP) is 3.42. The lowest BCUT2D eigenvalue weighted by Crippen LogP contribution is -2.15.